The predicted molar refractivity (Wildman–Crippen MR) is 62.5 cm³/mol. The third-order valence-electron chi connectivity index (χ3n) is 5.85. The highest BCUT2D eigenvalue weighted by Gasteiger charge is 2.80. The summed E-state index contributed by atoms with van der Waals surface area (Å²) in [5.41, 5.74) is -1.21. The van der Waals surface area contributed by atoms with Crippen LogP contribution in [0.1, 0.15) is 48.0 Å². The van der Waals surface area contributed by atoms with Gasteiger partial charge in [-0.3, -0.25) is 4.79 Å². The summed E-state index contributed by atoms with van der Waals surface area (Å²) in [6.45, 7) is 12.5. The van der Waals surface area contributed by atoms with E-state index in [4.69, 9.17) is 0 Å². The maximum absolute atomic E-state index is 12.5. The molecule has 0 unspecified atom stereocenters. The monoisotopic (exact) mass is 219 g/mol. The number of Topliss-reactive ketones (excluding diaryl/α,β-unsaturated/α-hetero) is 1. The van der Waals surface area contributed by atoms with Crippen LogP contribution in [0.3, 0.4) is 0 Å². The number of rotatable bonds is 0. The van der Waals surface area contributed by atoms with E-state index in [1.807, 2.05) is 13.8 Å². The van der Waals surface area contributed by atoms with E-state index < -0.39 is 5.41 Å². The van der Waals surface area contributed by atoms with Gasteiger partial charge < -0.3 is 0 Å². The summed E-state index contributed by atoms with van der Waals surface area (Å²) in [7, 11) is 0. The van der Waals surface area contributed by atoms with Crippen LogP contribution < -0.4 is 0 Å². The van der Waals surface area contributed by atoms with Crippen molar-refractivity contribution in [2.45, 2.75) is 48.0 Å². The molecular weight excluding hydrogens is 198 g/mol. The minimum absolute atomic E-state index is 0.0756. The summed E-state index contributed by atoms with van der Waals surface area (Å²) in [5, 5.41) is 9.55. The van der Waals surface area contributed by atoms with Gasteiger partial charge in [0, 0.05) is 5.41 Å². The van der Waals surface area contributed by atoms with Gasteiger partial charge >= 0.3 is 0 Å². The van der Waals surface area contributed by atoms with Crippen LogP contribution in [-0.4, -0.2) is 5.78 Å². The molecule has 0 aromatic heterocycles. The molecule has 0 aliphatic heterocycles. The molecule has 2 heteroatoms. The first kappa shape index (κ1) is 11.6. The van der Waals surface area contributed by atoms with E-state index in [1.165, 1.54) is 0 Å². The Labute approximate surface area is 98.0 Å². The van der Waals surface area contributed by atoms with E-state index in [0.29, 0.717) is 0 Å². The van der Waals surface area contributed by atoms with Crippen LogP contribution in [0.2, 0.25) is 0 Å². The molecule has 88 valence electrons. The minimum atomic E-state index is -0.736. The Balaban J connectivity index is 2.62. The maximum Gasteiger partial charge on any atom is 0.159 e. The summed E-state index contributed by atoms with van der Waals surface area (Å²) in [5.74, 6) is 0.388. The molecule has 0 heterocycles. The molecule has 2 nitrogen and oxygen atoms in total. The van der Waals surface area contributed by atoms with Crippen molar-refractivity contribution in [1.29, 1.82) is 5.26 Å². The zero-order valence-electron chi connectivity index (χ0n) is 11.1. The molecule has 2 fully saturated rings. The Morgan fingerprint density at radius 1 is 1.19 bits per heavy atom. The van der Waals surface area contributed by atoms with Crippen molar-refractivity contribution in [1.82, 2.24) is 0 Å². The molecule has 0 spiro atoms. The third kappa shape index (κ3) is 0.805. The highest BCUT2D eigenvalue weighted by Crippen LogP contribution is 2.77. The molecule has 0 bridgehead atoms. The van der Waals surface area contributed by atoms with Crippen LogP contribution in [0.15, 0.2) is 0 Å². The average molecular weight is 219 g/mol. The van der Waals surface area contributed by atoms with Gasteiger partial charge in [0.2, 0.25) is 0 Å². The van der Waals surface area contributed by atoms with Gasteiger partial charge in [0.15, 0.2) is 5.78 Å². The molecule has 0 amide bonds. The normalized spacial score (nSPS) is 42.1. The lowest BCUT2D eigenvalue weighted by atomic mass is 9.34. The Hall–Kier alpha value is -0.840. The second kappa shape index (κ2) is 2.53. The van der Waals surface area contributed by atoms with Crippen molar-refractivity contribution in [3.8, 4) is 6.07 Å². The predicted octanol–water partition coefficient (Wildman–Crippen LogP) is 3.18. The average Bonchev–Trinajstić information content (AvgIpc) is 2.36. The van der Waals surface area contributed by atoms with E-state index in [0.717, 1.165) is 6.42 Å². The van der Waals surface area contributed by atoms with Crippen molar-refractivity contribution >= 4 is 5.78 Å². The van der Waals surface area contributed by atoms with Crippen molar-refractivity contribution in [2.75, 3.05) is 0 Å². The van der Waals surface area contributed by atoms with E-state index in [2.05, 4.69) is 33.8 Å². The Bertz CT molecular complexity index is 411. The van der Waals surface area contributed by atoms with Crippen LogP contribution in [-0.2, 0) is 4.79 Å². The number of hydrogen-bond donors (Lipinski definition) is 0. The molecule has 0 aromatic carbocycles. The van der Waals surface area contributed by atoms with E-state index >= 15 is 0 Å². The number of hydrogen-bond acceptors (Lipinski definition) is 2. The van der Waals surface area contributed by atoms with Gasteiger partial charge in [-0.2, -0.15) is 5.26 Å². The maximum atomic E-state index is 12.5. The lowest BCUT2D eigenvalue weighted by Crippen LogP contribution is -2.67. The lowest BCUT2D eigenvalue weighted by molar-refractivity contribution is -0.196. The summed E-state index contributed by atoms with van der Waals surface area (Å²) in [6, 6.07) is 2.38. The standard InChI is InChI=1S/C14H21NO/c1-11(2)7-9-12(3,4)13(5,6)14(9,8-15)10(11)16/h9H,7H2,1-6H3/t9-,14+/m0/s1. The minimum Gasteiger partial charge on any atom is -0.297 e. The van der Waals surface area contributed by atoms with E-state index in [-0.39, 0.29) is 27.9 Å². The third-order valence-corrected chi connectivity index (χ3v) is 5.85. The van der Waals surface area contributed by atoms with E-state index in [1.54, 1.807) is 0 Å². The fourth-order valence-electron chi connectivity index (χ4n) is 4.10. The summed E-state index contributed by atoms with van der Waals surface area (Å²) >= 11 is 0. The first-order valence-corrected chi connectivity index (χ1v) is 6.02. The quantitative estimate of drug-likeness (QED) is 0.628. The molecule has 2 rings (SSSR count). The summed E-state index contributed by atoms with van der Waals surface area (Å²) in [4.78, 5) is 12.5. The van der Waals surface area contributed by atoms with Crippen molar-refractivity contribution in [2.24, 2.45) is 27.6 Å². The largest absolute Gasteiger partial charge is 0.297 e. The van der Waals surface area contributed by atoms with Crippen molar-refractivity contribution < 1.29 is 4.79 Å². The molecule has 2 aliphatic carbocycles. The van der Waals surface area contributed by atoms with Crippen LogP contribution in [0.4, 0.5) is 0 Å². The molecule has 0 radical (unpaired) electrons. The molecule has 0 N–H and O–H groups in total. The highest BCUT2D eigenvalue weighted by molar-refractivity contribution is 5.97. The van der Waals surface area contributed by atoms with Gasteiger partial charge in [-0.25, -0.2) is 0 Å². The number of carbonyl (C=O) groups excluding carboxylic acids is 1. The van der Waals surface area contributed by atoms with Gasteiger partial charge in [-0.05, 0) is 23.2 Å². The molecule has 16 heavy (non-hydrogen) atoms. The van der Waals surface area contributed by atoms with Gasteiger partial charge in [0.25, 0.3) is 0 Å². The summed E-state index contributed by atoms with van der Waals surface area (Å²) < 4.78 is 0. The Kier molecular flexibility index (Phi) is 1.84. The number of carbonyl (C=O) groups is 1. The van der Waals surface area contributed by atoms with Gasteiger partial charge in [-0.1, -0.05) is 41.5 Å². The SMILES string of the molecule is CC1(C)C[C@H]2C(C)(C)C(C)(C)[C@@]2(C#N)C1=O. The highest BCUT2D eigenvalue weighted by atomic mass is 16.1. The zero-order chi connectivity index (χ0) is 12.6. The van der Waals surface area contributed by atoms with Crippen LogP contribution in [0.5, 0.6) is 0 Å². The van der Waals surface area contributed by atoms with Crippen molar-refractivity contribution in [3.05, 3.63) is 0 Å². The number of nitrogens with zero attached hydrogens (tertiary/aromatic N) is 1. The Morgan fingerprint density at radius 2 is 1.69 bits per heavy atom. The lowest BCUT2D eigenvalue weighted by Gasteiger charge is -2.66. The van der Waals surface area contributed by atoms with Crippen LogP contribution >= 0.6 is 0 Å². The fraction of sp³-hybridized carbons (Fsp3) is 0.857. The molecule has 0 aromatic rings. The van der Waals surface area contributed by atoms with Crippen LogP contribution in [0.25, 0.3) is 0 Å². The smallest absolute Gasteiger partial charge is 0.159 e. The zero-order valence-corrected chi connectivity index (χ0v) is 11.1. The first-order chi connectivity index (χ1) is 7.05. The van der Waals surface area contributed by atoms with Crippen LogP contribution in [0, 0.1) is 38.9 Å². The second-order valence-corrected chi connectivity index (χ2v) is 7.24. The second-order valence-electron chi connectivity index (χ2n) is 7.24. The molecule has 2 atom stereocenters. The number of ketones is 1. The topological polar surface area (TPSA) is 40.9 Å². The molecule has 2 saturated carbocycles. The molecular formula is C14H21NO. The van der Waals surface area contributed by atoms with Gasteiger partial charge in [0.05, 0.1) is 6.07 Å². The van der Waals surface area contributed by atoms with Gasteiger partial charge in [0.1, 0.15) is 5.41 Å². The molecule has 0 saturated heterocycles. The first-order valence-electron chi connectivity index (χ1n) is 6.02. The van der Waals surface area contributed by atoms with Gasteiger partial charge in [-0.15, -0.1) is 0 Å². The summed E-state index contributed by atoms with van der Waals surface area (Å²) in [6.07, 6.45) is 0.857. The van der Waals surface area contributed by atoms with Crippen molar-refractivity contribution in [3.63, 3.8) is 0 Å². The fourth-order valence-corrected chi connectivity index (χ4v) is 4.10. The molecule has 2 aliphatic rings. The Morgan fingerprint density at radius 3 is 2.06 bits per heavy atom. The van der Waals surface area contributed by atoms with E-state index in [9.17, 15) is 10.1 Å². The number of fused-ring (bicyclic) bond motifs is 1. The number of nitriles is 1.